The molecule has 148 valence electrons. The van der Waals surface area contributed by atoms with Gasteiger partial charge in [-0.3, -0.25) is 4.79 Å². The lowest BCUT2D eigenvalue weighted by Gasteiger charge is -2.35. The fourth-order valence-electron chi connectivity index (χ4n) is 4.05. The number of benzene rings is 1. The number of nitrogens with zero attached hydrogens (tertiary/aromatic N) is 4. The molecule has 0 saturated heterocycles. The van der Waals surface area contributed by atoms with Crippen LogP contribution >= 0.6 is 11.8 Å². The van der Waals surface area contributed by atoms with Crippen molar-refractivity contribution in [1.82, 2.24) is 19.2 Å². The van der Waals surface area contributed by atoms with Crippen LogP contribution in [0.15, 0.2) is 34.2 Å². The zero-order valence-electron chi connectivity index (χ0n) is 17.3. The molecule has 0 spiro atoms. The minimum absolute atomic E-state index is 0.0461. The summed E-state index contributed by atoms with van der Waals surface area (Å²) in [5.74, 6) is 2.10. The minimum Gasteiger partial charge on any atom is -0.268 e. The van der Waals surface area contributed by atoms with E-state index in [0.29, 0.717) is 18.2 Å². The van der Waals surface area contributed by atoms with E-state index in [1.54, 1.807) is 16.2 Å². The lowest BCUT2D eigenvalue weighted by Crippen LogP contribution is -2.37. The molecule has 1 unspecified atom stereocenters. The number of aryl methyl sites for hydroxylation is 1. The normalized spacial score (nSPS) is 18.5. The number of thioether (sulfide) groups is 1. The van der Waals surface area contributed by atoms with Gasteiger partial charge in [0.15, 0.2) is 5.16 Å². The van der Waals surface area contributed by atoms with Crippen LogP contribution in [-0.2, 0) is 18.4 Å². The zero-order chi connectivity index (χ0) is 20.1. The van der Waals surface area contributed by atoms with Crippen molar-refractivity contribution in [3.8, 4) is 11.3 Å². The van der Waals surface area contributed by atoms with E-state index in [0.717, 1.165) is 40.6 Å². The molecule has 5 nitrogen and oxygen atoms in total. The quantitative estimate of drug-likeness (QED) is 0.594. The highest BCUT2D eigenvalue weighted by atomic mass is 32.2. The number of rotatable bonds is 5. The van der Waals surface area contributed by atoms with E-state index in [2.05, 4.69) is 45.9 Å². The van der Waals surface area contributed by atoms with Crippen LogP contribution in [0, 0.1) is 5.92 Å². The molecule has 2 aromatic heterocycles. The topological polar surface area (TPSA) is 52.2 Å². The van der Waals surface area contributed by atoms with Crippen molar-refractivity contribution in [2.24, 2.45) is 5.92 Å². The van der Waals surface area contributed by atoms with Crippen LogP contribution < -0.4 is 5.56 Å². The highest BCUT2D eigenvalue weighted by Gasteiger charge is 2.38. The van der Waals surface area contributed by atoms with Crippen LogP contribution in [0.1, 0.15) is 52.2 Å². The van der Waals surface area contributed by atoms with Gasteiger partial charge in [-0.05, 0) is 31.2 Å². The number of hydrogen-bond acceptors (Lipinski definition) is 4. The van der Waals surface area contributed by atoms with Crippen molar-refractivity contribution in [1.29, 1.82) is 0 Å². The summed E-state index contributed by atoms with van der Waals surface area (Å²) in [6, 6.07) is 8.36. The molecular weight excluding hydrogens is 368 g/mol. The Bertz CT molecular complexity index is 1100. The summed E-state index contributed by atoms with van der Waals surface area (Å²) in [6.45, 7) is 11.4. The highest BCUT2D eigenvalue weighted by molar-refractivity contribution is 7.99. The predicted octanol–water partition coefficient (Wildman–Crippen LogP) is 4.55. The van der Waals surface area contributed by atoms with E-state index in [1.807, 2.05) is 17.7 Å². The second kappa shape index (κ2) is 7.07. The Morgan fingerprint density at radius 3 is 2.68 bits per heavy atom. The third-order valence-electron chi connectivity index (χ3n) is 5.78. The zero-order valence-corrected chi connectivity index (χ0v) is 18.1. The summed E-state index contributed by atoms with van der Waals surface area (Å²) in [5, 5.41) is 5.47. The summed E-state index contributed by atoms with van der Waals surface area (Å²) in [6.07, 6.45) is 1.76. The summed E-state index contributed by atoms with van der Waals surface area (Å²) in [7, 11) is 0. The molecule has 3 aromatic rings. The first-order valence-electron chi connectivity index (χ1n) is 10.1. The van der Waals surface area contributed by atoms with Crippen LogP contribution in [0.2, 0.25) is 0 Å². The lowest BCUT2D eigenvalue weighted by atomic mass is 9.69. The van der Waals surface area contributed by atoms with Gasteiger partial charge in [0.05, 0.1) is 11.3 Å². The third-order valence-corrected chi connectivity index (χ3v) is 7.13. The van der Waals surface area contributed by atoms with Crippen molar-refractivity contribution in [2.45, 2.75) is 64.6 Å². The van der Waals surface area contributed by atoms with Crippen molar-refractivity contribution in [2.75, 3.05) is 5.75 Å². The van der Waals surface area contributed by atoms with Crippen LogP contribution in [-0.4, -0.2) is 24.9 Å². The Labute approximate surface area is 170 Å². The summed E-state index contributed by atoms with van der Waals surface area (Å²) in [5.41, 5.74) is 3.86. The van der Waals surface area contributed by atoms with Crippen molar-refractivity contribution < 1.29 is 0 Å². The molecule has 1 aliphatic carbocycles. The molecule has 0 fully saturated rings. The van der Waals surface area contributed by atoms with E-state index in [9.17, 15) is 4.79 Å². The number of hydrogen-bond donors (Lipinski definition) is 0. The SMILES string of the molecule is CCn1nc(SCC(C)C)n2c(=O)c3c(nc12)-c1ccccc1CC3(C)CC. The molecule has 1 aromatic carbocycles. The van der Waals surface area contributed by atoms with Gasteiger partial charge in [-0.25, -0.2) is 14.1 Å². The second-order valence-corrected chi connectivity index (χ2v) is 9.31. The number of aromatic nitrogens is 4. The summed E-state index contributed by atoms with van der Waals surface area (Å²) < 4.78 is 3.60. The van der Waals surface area contributed by atoms with Gasteiger partial charge in [0, 0.05) is 23.3 Å². The average Bonchev–Trinajstić information content (AvgIpc) is 3.04. The smallest absolute Gasteiger partial charge is 0.265 e. The van der Waals surface area contributed by atoms with Gasteiger partial charge in [-0.2, -0.15) is 0 Å². The van der Waals surface area contributed by atoms with Gasteiger partial charge in [0.25, 0.3) is 5.56 Å². The van der Waals surface area contributed by atoms with Gasteiger partial charge < -0.3 is 0 Å². The predicted molar refractivity (Wildman–Crippen MR) is 115 cm³/mol. The molecule has 1 aliphatic rings. The first-order chi connectivity index (χ1) is 13.4. The highest BCUT2D eigenvalue weighted by Crippen LogP contribution is 2.42. The van der Waals surface area contributed by atoms with E-state index < -0.39 is 0 Å². The van der Waals surface area contributed by atoms with Gasteiger partial charge >= 0.3 is 0 Å². The molecule has 0 amide bonds. The third kappa shape index (κ3) is 2.89. The standard InChI is InChI=1S/C22H28N4OS/c1-6-22(5)12-15-10-8-9-11-16(15)18-17(22)19(27)26-20(23-18)25(7-2)24-21(26)28-13-14(3)4/h8-11,14H,6-7,12-13H2,1-5H3. The summed E-state index contributed by atoms with van der Waals surface area (Å²) >= 11 is 1.64. The van der Waals surface area contributed by atoms with Crippen molar-refractivity contribution >= 4 is 17.5 Å². The van der Waals surface area contributed by atoms with E-state index in [1.165, 1.54) is 5.56 Å². The molecule has 0 radical (unpaired) electrons. The van der Waals surface area contributed by atoms with E-state index >= 15 is 0 Å². The fraction of sp³-hybridized carbons (Fsp3) is 0.500. The van der Waals surface area contributed by atoms with Crippen LogP contribution in [0.5, 0.6) is 0 Å². The molecule has 6 heteroatoms. The molecule has 0 N–H and O–H groups in total. The lowest BCUT2D eigenvalue weighted by molar-refractivity contribution is 0.439. The Morgan fingerprint density at radius 1 is 1.25 bits per heavy atom. The Hall–Kier alpha value is -2.08. The minimum atomic E-state index is -0.219. The molecule has 0 bridgehead atoms. The Balaban J connectivity index is 2.06. The average molecular weight is 397 g/mol. The largest absolute Gasteiger partial charge is 0.268 e. The molecule has 4 rings (SSSR count). The van der Waals surface area contributed by atoms with E-state index in [-0.39, 0.29) is 11.0 Å². The van der Waals surface area contributed by atoms with Gasteiger partial charge in [-0.1, -0.05) is 63.7 Å². The molecule has 28 heavy (non-hydrogen) atoms. The van der Waals surface area contributed by atoms with Crippen LogP contribution in [0.4, 0.5) is 0 Å². The Morgan fingerprint density at radius 2 is 2.00 bits per heavy atom. The second-order valence-electron chi connectivity index (χ2n) is 8.33. The van der Waals surface area contributed by atoms with Crippen LogP contribution in [0.3, 0.4) is 0 Å². The van der Waals surface area contributed by atoms with Gasteiger partial charge in [0.1, 0.15) is 0 Å². The molecule has 0 aliphatic heterocycles. The first-order valence-corrected chi connectivity index (χ1v) is 11.1. The van der Waals surface area contributed by atoms with Gasteiger partial charge in [-0.15, -0.1) is 5.10 Å². The van der Waals surface area contributed by atoms with Gasteiger partial charge in [0.2, 0.25) is 5.78 Å². The first kappa shape index (κ1) is 19.2. The van der Waals surface area contributed by atoms with Crippen molar-refractivity contribution in [3.05, 3.63) is 45.7 Å². The fourth-order valence-corrected chi connectivity index (χ4v) is 4.98. The monoisotopic (exact) mass is 396 g/mol. The number of fused-ring (bicyclic) bond motifs is 4. The maximum Gasteiger partial charge on any atom is 0.265 e. The van der Waals surface area contributed by atoms with Crippen molar-refractivity contribution in [3.63, 3.8) is 0 Å². The molecule has 1 atom stereocenters. The molecule has 2 heterocycles. The molecule has 0 saturated carbocycles. The van der Waals surface area contributed by atoms with Crippen LogP contribution in [0.25, 0.3) is 17.0 Å². The van der Waals surface area contributed by atoms with E-state index in [4.69, 9.17) is 10.1 Å². The Kier molecular flexibility index (Phi) is 4.86. The summed E-state index contributed by atoms with van der Waals surface area (Å²) in [4.78, 5) is 18.8. The maximum absolute atomic E-state index is 13.8. The molecular formula is C22H28N4OS. The maximum atomic E-state index is 13.8.